The highest BCUT2D eigenvalue weighted by molar-refractivity contribution is 6.39. The van der Waals surface area contributed by atoms with Crippen LogP contribution in [0.5, 0.6) is 11.5 Å². The number of carbonyl (C=O) groups is 3. The normalized spacial score (nSPS) is 15.6. The molecule has 31 heavy (non-hydrogen) atoms. The number of benzene rings is 2. The van der Waals surface area contributed by atoms with E-state index in [4.69, 9.17) is 25.8 Å². The van der Waals surface area contributed by atoms with Crippen LogP contribution in [-0.2, 0) is 14.3 Å². The minimum atomic E-state index is -0.749. The fraction of sp³-hybridized carbons (Fsp3) is 0.227. The Bertz CT molecular complexity index is 1040. The number of nitrogens with zero attached hydrogens (tertiary/aromatic N) is 2. The van der Waals surface area contributed by atoms with Gasteiger partial charge in [0, 0.05) is 13.2 Å². The molecule has 1 heterocycles. The van der Waals surface area contributed by atoms with Gasteiger partial charge in [-0.3, -0.25) is 14.5 Å². The zero-order chi connectivity index (χ0) is 22.5. The lowest BCUT2D eigenvalue weighted by molar-refractivity contribution is -0.129. The molecule has 0 spiro atoms. The number of amides is 4. The van der Waals surface area contributed by atoms with Gasteiger partial charge in [0.25, 0.3) is 11.8 Å². The van der Waals surface area contributed by atoms with E-state index in [1.165, 1.54) is 33.5 Å². The Labute approximate surface area is 184 Å². The van der Waals surface area contributed by atoms with Crippen molar-refractivity contribution in [2.75, 3.05) is 39.4 Å². The Kier molecular flexibility index (Phi) is 6.94. The van der Waals surface area contributed by atoms with E-state index in [9.17, 15) is 14.4 Å². The van der Waals surface area contributed by atoms with Gasteiger partial charge in [0.1, 0.15) is 5.57 Å². The summed E-state index contributed by atoms with van der Waals surface area (Å²) in [4.78, 5) is 41.2. The molecule has 0 saturated carbocycles. The number of imide groups is 2. The first-order valence-corrected chi connectivity index (χ1v) is 9.68. The van der Waals surface area contributed by atoms with E-state index in [2.05, 4.69) is 0 Å². The Morgan fingerprint density at radius 3 is 2.19 bits per heavy atom. The van der Waals surface area contributed by atoms with E-state index in [1.54, 1.807) is 36.4 Å². The van der Waals surface area contributed by atoms with Gasteiger partial charge in [-0.1, -0.05) is 29.8 Å². The summed E-state index contributed by atoms with van der Waals surface area (Å²) < 4.78 is 15.5. The van der Waals surface area contributed by atoms with E-state index in [-0.39, 0.29) is 23.7 Å². The lowest BCUT2D eigenvalue weighted by atomic mass is 10.0. The molecule has 8 nitrogen and oxygen atoms in total. The first-order chi connectivity index (χ1) is 14.9. The first kappa shape index (κ1) is 22.3. The van der Waals surface area contributed by atoms with Gasteiger partial charge in [-0.2, -0.15) is 0 Å². The summed E-state index contributed by atoms with van der Waals surface area (Å²) in [7, 11) is 4.39. The number of hydrogen-bond donors (Lipinski definition) is 0. The lowest BCUT2D eigenvalue weighted by Gasteiger charge is -2.33. The molecule has 0 atom stereocenters. The number of halogens is 1. The predicted molar refractivity (Wildman–Crippen MR) is 115 cm³/mol. The Balaban J connectivity index is 2.12. The third kappa shape index (κ3) is 4.40. The van der Waals surface area contributed by atoms with Gasteiger partial charge in [-0.15, -0.1) is 0 Å². The molecule has 0 bridgehead atoms. The van der Waals surface area contributed by atoms with E-state index in [0.29, 0.717) is 22.7 Å². The summed E-state index contributed by atoms with van der Waals surface area (Å²) >= 11 is 6.34. The van der Waals surface area contributed by atoms with Crippen molar-refractivity contribution >= 4 is 41.2 Å². The monoisotopic (exact) mass is 444 g/mol. The molecule has 1 fully saturated rings. The number of barbiturate groups is 1. The van der Waals surface area contributed by atoms with Crippen molar-refractivity contribution in [3.05, 3.63) is 58.6 Å². The van der Waals surface area contributed by atoms with Crippen LogP contribution in [0.2, 0.25) is 5.02 Å². The molecule has 0 aliphatic carbocycles. The molecule has 0 aromatic heterocycles. The molecule has 2 aromatic carbocycles. The molecule has 4 amide bonds. The van der Waals surface area contributed by atoms with Crippen LogP contribution in [-0.4, -0.2) is 57.2 Å². The lowest BCUT2D eigenvalue weighted by Crippen LogP contribution is -2.57. The van der Waals surface area contributed by atoms with Crippen LogP contribution in [0.1, 0.15) is 5.56 Å². The molecule has 1 aliphatic heterocycles. The average molecular weight is 445 g/mol. The molecule has 162 valence electrons. The molecule has 9 heteroatoms. The van der Waals surface area contributed by atoms with Crippen LogP contribution in [0.3, 0.4) is 0 Å². The van der Waals surface area contributed by atoms with Gasteiger partial charge in [0.15, 0.2) is 11.5 Å². The standard InChI is InChI=1S/C22H21ClN2O6/c1-29-10-9-24-20(26)16(11-14-12-18(30-2)19(31-3)13-17(14)23)21(27)25(22(24)28)15-7-5-4-6-8-15/h4-8,11-13H,9-10H2,1-3H3/b16-11-. The van der Waals surface area contributed by atoms with Gasteiger partial charge < -0.3 is 14.2 Å². The topological polar surface area (TPSA) is 85.4 Å². The zero-order valence-electron chi connectivity index (χ0n) is 17.3. The third-order valence-corrected chi connectivity index (χ3v) is 4.99. The molecule has 3 rings (SSSR count). The van der Waals surface area contributed by atoms with Gasteiger partial charge in [0.05, 0.1) is 38.1 Å². The van der Waals surface area contributed by atoms with Gasteiger partial charge in [-0.05, 0) is 29.8 Å². The summed E-state index contributed by atoms with van der Waals surface area (Å²) in [6, 6.07) is 10.7. The summed E-state index contributed by atoms with van der Waals surface area (Å²) in [6.45, 7) is 0.112. The summed E-state index contributed by atoms with van der Waals surface area (Å²) in [5.74, 6) is -0.703. The molecule has 0 N–H and O–H groups in total. The molecule has 0 unspecified atom stereocenters. The van der Waals surface area contributed by atoms with E-state index >= 15 is 0 Å². The number of methoxy groups -OCH3 is 3. The van der Waals surface area contributed by atoms with Crippen LogP contribution in [0.15, 0.2) is 48.0 Å². The highest BCUT2D eigenvalue weighted by Crippen LogP contribution is 2.35. The minimum Gasteiger partial charge on any atom is -0.493 e. The third-order valence-electron chi connectivity index (χ3n) is 4.67. The second-order valence-corrected chi connectivity index (χ2v) is 6.90. The average Bonchev–Trinajstić information content (AvgIpc) is 2.78. The van der Waals surface area contributed by atoms with Crippen LogP contribution < -0.4 is 14.4 Å². The SMILES string of the molecule is COCCN1C(=O)/C(=C/c2cc(OC)c(OC)cc2Cl)C(=O)N(c2ccccc2)C1=O. The van der Waals surface area contributed by atoms with Gasteiger partial charge >= 0.3 is 6.03 Å². The largest absolute Gasteiger partial charge is 0.493 e. The van der Waals surface area contributed by atoms with E-state index in [0.717, 1.165) is 9.80 Å². The molecule has 2 aromatic rings. The molecular formula is C22H21ClN2O6. The maximum absolute atomic E-state index is 13.2. The fourth-order valence-corrected chi connectivity index (χ4v) is 3.30. The van der Waals surface area contributed by atoms with Crippen molar-refractivity contribution in [2.45, 2.75) is 0 Å². The summed E-state index contributed by atoms with van der Waals surface area (Å²) in [5.41, 5.74) is 0.496. The van der Waals surface area contributed by atoms with Crippen LogP contribution in [0.25, 0.3) is 6.08 Å². The van der Waals surface area contributed by atoms with Crippen LogP contribution in [0, 0.1) is 0 Å². The number of para-hydroxylation sites is 1. The quantitative estimate of drug-likeness (QED) is 0.480. The fourth-order valence-electron chi connectivity index (χ4n) is 3.10. The molecule has 0 radical (unpaired) electrons. The molecular weight excluding hydrogens is 424 g/mol. The van der Waals surface area contributed by atoms with Crippen molar-refractivity contribution in [1.29, 1.82) is 0 Å². The molecule has 1 saturated heterocycles. The second kappa shape index (κ2) is 9.63. The predicted octanol–water partition coefficient (Wildman–Crippen LogP) is 3.38. The van der Waals surface area contributed by atoms with Crippen molar-refractivity contribution in [3.8, 4) is 11.5 Å². The van der Waals surface area contributed by atoms with Crippen LogP contribution in [0.4, 0.5) is 10.5 Å². The van der Waals surface area contributed by atoms with Crippen molar-refractivity contribution in [3.63, 3.8) is 0 Å². The Morgan fingerprint density at radius 2 is 1.58 bits per heavy atom. The maximum Gasteiger partial charge on any atom is 0.338 e. The number of rotatable bonds is 7. The second-order valence-electron chi connectivity index (χ2n) is 6.49. The number of urea groups is 1. The van der Waals surface area contributed by atoms with Crippen molar-refractivity contribution < 1.29 is 28.6 Å². The van der Waals surface area contributed by atoms with Crippen LogP contribution >= 0.6 is 11.6 Å². The summed E-state index contributed by atoms with van der Waals surface area (Å²) in [6.07, 6.45) is 1.34. The zero-order valence-corrected chi connectivity index (χ0v) is 18.0. The van der Waals surface area contributed by atoms with E-state index in [1.807, 2.05) is 0 Å². The number of hydrogen-bond acceptors (Lipinski definition) is 6. The number of carbonyl (C=O) groups excluding carboxylic acids is 3. The highest BCUT2D eigenvalue weighted by atomic mass is 35.5. The highest BCUT2D eigenvalue weighted by Gasteiger charge is 2.42. The van der Waals surface area contributed by atoms with Gasteiger partial charge in [-0.25, -0.2) is 9.69 Å². The summed E-state index contributed by atoms with van der Waals surface area (Å²) in [5, 5.41) is 0.248. The maximum atomic E-state index is 13.2. The minimum absolute atomic E-state index is 0.0121. The smallest absolute Gasteiger partial charge is 0.338 e. The Morgan fingerprint density at radius 1 is 0.935 bits per heavy atom. The number of anilines is 1. The number of ether oxygens (including phenoxy) is 3. The van der Waals surface area contributed by atoms with Crippen molar-refractivity contribution in [1.82, 2.24) is 4.90 Å². The molecule has 1 aliphatic rings. The van der Waals surface area contributed by atoms with Gasteiger partial charge in [0.2, 0.25) is 0 Å². The van der Waals surface area contributed by atoms with Crippen molar-refractivity contribution in [2.24, 2.45) is 0 Å². The first-order valence-electron chi connectivity index (χ1n) is 9.30. The van der Waals surface area contributed by atoms with E-state index < -0.39 is 17.8 Å². The Hall–Kier alpha value is -3.36.